The van der Waals surface area contributed by atoms with E-state index in [1.165, 1.54) is 9.80 Å². The molecule has 2 N–H and O–H groups in total. The lowest BCUT2D eigenvalue weighted by atomic mass is 9.98. The van der Waals surface area contributed by atoms with E-state index >= 15 is 0 Å². The first-order valence-electron chi connectivity index (χ1n) is 8.02. The van der Waals surface area contributed by atoms with Gasteiger partial charge in [0.2, 0.25) is 5.91 Å². The zero-order chi connectivity index (χ0) is 18.0. The molecule has 0 spiro atoms. The third-order valence-corrected chi connectivity index (χ3v) is 4.41. The summed E-state index contributed by atoms with van der Waals surface area (Å²) >= 11 is 0. The Kier molecular flexibility index (Phi) is 4.64. The monoisotopic (exact) mass is 345 g/mol. The van der Waals surface area contributed by atoms with Crippen LogP contribution in [-0.2, 0) is 9.59 Å². The Labute approximate surface area is 143 Å². The molecule has 0 bridgehead atoms. The summed E-state index contributed by atoms with van der Waals surface area (Å²) in [6.45, 7) is 0.624. The van der Waals surface area contributed by atoms with Gasteiger partial charge in [0.1, 0.15) is 11.0 Å². The summed E-state index contributed by atoms with van der Waals surface area (Å²) < 4.78 is 0. The standard InChI is InChI=1S/C16H19N5O4/c1-20(9-14(22)21-6-2-3-11(8-21)16(24)25)15(23)10-4-5-12-13(7-10)18-19-17-12/h4-5,7,11H,2-3,6,8-9H2,1H3,(H,24,25)(H,17,18,19)/t11-/m1/s1. The molecule has 9 heteroatoms. The number of hydrogen-bond acceptors (Lipinski definition) is 5. The summed E-state index contributed by atoms with van der Waals surface area (Å²) in [5.41, 5.74) is 1.65. The van der Waals surface area contributed by atoms with E-state index in [4.69, 9.17) is 5.11 Å². The highest BCUT2D eigenvalue weighted by Crippen LogP contribution is 2.17. The zero-order valence-corrected chi connectivity index (χ0v) is 13.8. The van der Waals surface area contributed by atoms with Crippen molar-refractivity contribution in [3.05, 3.63) is 23.8 Å². The fourth-order valence-corrected chi connectivity index (χ4v) is 2.97. The molecule has 1 aromatic carbocycles. The van der Waals surface area contributed by atoms with Crippen molar-refractivity contribution in [1.82, 2.24) is 25.2 Å². The molecule has 0 saturated carbocycles. The first-order chi connectivity index (χ1) is 12.0. The van der Waals surface area contributed by atoms with Crippen molar-refractivity contribution in [3.8, 4) is 0 Å². The van der Waals surface area contributed by atoms with Crippen LogP contribution in [0.2, 0.25) is 0 Å². The van der Waals surface area contributed by atoms with Crippen LogP contribution in [0.15, 0.2) is 18.2 Å². The van der Waals surface area contributed by atoms with Crippen LogP contribution < -0.4 is 0 Å². The van der Waals surface area contributed by atoms with Gasteiger partial charge in [0.25, 0.3) is 5.91 Å². The largest absolute Gasteiger partial charge is 0.481 e. The molecule has 0 aliphatic carbocycles. The summed E-state index contributed by atoms with van der Waals surface area (Å²) in [6, 6.07) is 4.93. The van der Waals surface area contributed by atoms with Gasteiger partial charge >= 0.3 is 5.97 Å². The van der Waals surface area contributed by atoms with Gasteiger partial charge in [-0.25, -0.2) is 0 Å². The number of fused-ring (bicyclic) bond motifs is 1. The van der Waals surface area contributed by atoms with Crippen LogP contribution in [-0.4, -0.2) is 74.8 Å². The van der Waals surface area contributed by atoms with Crippen LogP contribution >= 0.6 is 0 Å². The fraction of sp³-hybridized carbons (Fsp3) is 0.438. The number of benzene rings is 1. The number of carbonyl (C=O) groups is 3. The number of aromatic nitrogens is 3. The van der Waals surface area contributed by atoms with Crippen LogP contribution in [0.1, 0.15) is 23.2 Å². The maximum Gasteiger partial charge on any atom is 0.308 e. The molecule has 2 amide bonds. The van der Waals surface area contributed by atoms with Crippen molar-refractivity contribution < 1.29 is 19.5 Å². The molecule has 3 rings (SSSR count). The van der Waals surface area contributed by atoms with E-state index in [2.05, 4.69) is 15.4 Å². The van der Waals surface area contributed by atoms with Gasteiger partial charge in [0.05, 0.1) is 12.5 Å². The average molecular weight is 345 g/mol. The van der Waals surface area contributed by atoms with Gasteiger partial charge in [0, 0.05) is 25.7 Å². The third kappa shape index (κ3) is 3.59. The van der Waals surface area contributed by atoms with Gasteiger partial charge in [-0.15, -0.1) is 0 Å². The summed E-state index contributed by atoms with van der Waals surface area (Å²) in [5, 5.41) is 19.5. The molecule has 2 heterocycles. The molecule has 1 saturated heterocycles. The lowest BCUT2D eigenvalue weighted by Gasteiger charge is -2.32. The predicted molar refractivity (Wildman–Crippen MR) is 87.8 cm³/mol. The highest BCUT2D eigenvalue weighted by molar-refractivity contribution is 5.98. The first kappa shape index (κ1) is 16.9. The second kappa shape index (κ2) is 6.88. The van der Waals surface area contributed by atoms with Gasteiger partial charge in [-0.2, -0.15) is 15.4 Å². The Morgan fingerprint density at radius 2 is 2.08 bits per heavy atom. The number of carboxylic acids is 1. The van der Waals surface area contributed by atoms with Crippen LogP contribution in [0.3, 0.4) is 0 Å². The number of aromatic amines is 1. The second-order valence-corrected chi connectivity index (χ2v) is 6.21. The smallest absolute Gasteiger partial charge is 0.308 e. The Hall–Kier alpha value is -2.97. The lowest BCUT2D eigenvalue weighted by molar-refractivity contribution is -0.145. The third-order valence-electron chi connectivity index (χ3n) is 4.41. The van der Waals surface area contributed by atoms with E-state index in [0.29, 0.717) is 36.0 Å². The number of amides is 2. The number of aliphatic carboxylic acids is 1. The number of nitrogens with zero attached hydrogens (tertiary/aromatic N) is 4. The van der Waals surface area contributed by atoms with Crippen molar-refractivity contribution in [2.45, 2.75) is 12.8 Å². The first-order valence-corrected chi connectivity index (χ1v) is 8.02. The lowest BCUT2D eigenvalue weighted by Crippen LogP contribution is -2.46. The Balaban J connectivity index is 1.64. The molecule has 2 aromatic rings. The Bertz CT molecular complexity index is 818. The minimum absolute atomic E-state index is 0.0952. The van der Waals surface area contributed by atoms with Crippen molar-refractivity contribution in [2.75, 3.05) is 26.7 Å². The summed E-state index contributed by atoms with van der Waals surface area (Å²) in [7, 11) is 1.55. The van der Waals surface area contributed by atoms with Crippen molar-refractivity contribution >= 4 is 28.8 Å². The van der Waals surface area contributed by atoms with Gasteiger partial charge in [-0.3, -0.25) is 14.4 Å². The molecule has 1 aromatic heterocycles. The molecular formula is C16H19N5O4. The molecule has 132 valence electrons. The number of likely N-dealkylation sites (tertiary alicyclic amines) is 1. The molecule has 25 heavy (non-hydrogen) atoms. The highest BCUT2D eigenvalue weighted by atomic mass is 16.4. The van der Waals surface area contributed by atoms with Gasteiger partial charge in [-0.05, 0) is 31.0 Å². The molecule has 1 atom stereocenters. The number of hydrogen-bond donors (Lipinski definition) is 2. The van der Waals surface area contributed by atoms with Crippen molar-refractivity contribution in [1.29, 1.82) is 0 Å². The zero-order valence-electron chi connectivity index (χ0n) is 13.8. The number of nitrogens with one attached hydrogen (secondary N) is 1. The quantitative estimate of drug-likeness (QED) is 0.825. The van der Waals surface area contributed by atoms with Crippen molar-refractivity contribution in [2.24, 2.45) is 5.92 Å². The molecule has 0 radical (unpaired) electrons. The summed E-state index contributed by atoms with van der Waals surface area (Å²) in [4.78, 5) is 38.9. The summed E-state index contributed by atoms with van der Waals surface area (Å²) in [5.74, 6) is -1.97. The van der Waals surface area contributed by atoms with E-state index in [0.717, 1.165) is 0 Å². The molecular weight excluding hydrogens is 326 g/mol. The predicted octanol–water partition coefficient (Wildman–Crippen LogP) is 0.353. The molecule has 0 unspecified atom stereocenters. The van der Waals surface area contributed by atoms with Crippen LogP contribution in [0.4, 0.5) is 0 Å². The van der Waals surface area contributed by atoms with Crippen LogP contribution in [0.25, 0.3) is 11.0 Å². The van der Waals surface area contributed by atoms with E-state index in [1.807, 2.05) is 0 Å². The van der Waals surface area contributed by atoms with E-state index in [9.17, 15) is 14.4 Å². The van der Waals surface area contributed by atoms with E-state index in [1.54, 1.807) is 25.2 Å². The number of carboxylic acid groups (broad SMARTS) is 1. The maximum absolute atomic E-state index is 12.5. The number of rotatable bonds is 4. The van der Waals surface area contributed by atoms with E-state index < -0.39 is 11.9 Å². The van der Waals surface area contributed by atoms with Gasteiger partial charge < -0.3 is 14.9 Å². The average Bonchev–Trinajstić information content (AvgIpc) is 3.08. The van der Waals surface area contributed by atoms with Crippen LogP contribution in [0, 0.1) is 5.92 Å². The topological polar surface area (TPSA) is 119 Å². The number of H-pyrrole nitrogens is 1. The minimum atomic E-state index is -0.886. The van der Waals surface area contributed by atoms with Gasteiger partial charge in [-0.1, -0.05) is 0 Å². The number of likely N-dealkylation sites (N-methyl/N-ethyl adjacent to an activating group) is 1. The minimum Gasteiger partial charge on any atom is -0.481 e. The Morgan fingerprint density at radius 3 is 2.84 bits per heavy atom. The Morgan fingerprint density at radius 1 is 1.32 bits per heavy atom. The summed E-state index contributed by atoms with van der Waals surface area (Å²) in [6.07, 6.45) is 1.23. The van der Waals surface area contributed by atoms with Gasteiger partial charge in [0.15, 0.2) is 0 Å². The number of carbonyl (C=O) groups excluding carboxylic acids is 2. The molecule has 1 fully saturated rings. The van der Waals surface area contributed by atoms with Crippen molar-refractivity contribution in [3.63, 3.8) is 0 Å². The molecule has 1 aliphatic heterocycles. The number of piperidine rings is 1. The molecule has 9 nitrogen and oxygen atoms in total. The normalized spacial score (nSPS) is 17.5. The molecule has 1 aliphatic rings. The SMILES string of the molecule is CN(CC(=O)N1CCC[C@@H](C(=O)O)C1)C(=O)c1ccc2n[nH]nc2c1. The second-order valence-electron chi connectivity index (χ2n) is 6.21. The maximum atomic E-state index is 12.5. The fourth-order valence-electron chi connectivity index (χ4n) is 2.97. The highest BCUT2D eigenvalue weighted by Gasteiger charge is 2.29. The van der Waals surface area contributed by atoms with Crippen LogP contribution in [0.5, 0.6) is 0 Å². The van der Waals surface area contributed by atoms with E-state index in [-0.39, 0.29) is 24.9 Å².